The standard InChI is InChI=1S/C15H23NO2/c1-11-7-14(17-2)9-13(15(11)18-3)8-12-5-4-6-16-10-12/h7,9,12,16H,4-6,8,10H2,1-3H3. The van der Waals surface area contributed by atoms with E-state index >= 15 is 0 Å². The number of ether oxygens (including phenoxy) is 2. The Bertz CT molecular complexity index is 398. The van der Waals surface area contributed by atoms with Gasteiger partial charge < -0.3 is 14.8 Å². The van der Waals surface area contributed by atoms with Crippen molar-refractivity contribution in [1.29, 1.82) is 0 Å². The number of nitrogens with one attached hydrogen (secondary N) is 1. The maximum absolute atomic E-state index is 5.54. The van der Waals surface area contributed by atoms with E-state index in [-0.39, 0.29) is 0 Å². The van der Waals surface area contributed by atoms with Gasteiger partial charge in [0, 0.05) is 0 Å². The van der Waals surface area contributed by atoms with Crippen molar-refractivity contribution in [3.8, 4) is 11.5 Å². The van der Waals surface area contributed by atoms with Gasteiger partial charge in [0.2, 0.25) is 0 Å². The van der Waals surface area contributed by atoms with Gasteiger partial charge in [0.1, 0.15) is 11.5 Å². The van der Waals surface area contributed by atoms with E-state index in [2.05, 4.69) is 18.3 Å². The third kappa shape index (κ3) is 2.96. The van der Waals surface area contributed by atoms with Crippen LogP contribution in [0.4, 0.5) is 0 Å². The highest BCUT2D eigenvalue weighted by atomic mass is 16.5. The molecule has 1 heterocycles. The Balaban J connectivity index is 2.20. The minimum Gasteiger partial charge on any atom is -0.497 e. The molecule has 1 aliphatic rings. The second kappa shape index (κ2) is 6.10. The lowest BCUT2D eigenvalue weighted by Crippen LogP contribution is -2.30. The van der Waals surface area contributed by atoms with Crippen molar-refractivity contribution in [2.45, 2.75) is 26.2 Å². The Hall–Kier alpha value is -1.22. The van der Waals surface area contributed by atoms with E-state index in [1.807, 2.05) is 6.07 Å². The molecule has 1 saturated heterocycles. The zero-order chi connectivity index (χ0) is 13.0. The first-order valence-electron chi connectivity index (χ1n) is 6.66. The minimum absolute atomic E-state index is 0.708. The first-order valence-corrected chi connectivity index (χ1v) is 6.66. The monoisotopic (exact) mass is 249 g/mol. The minimum atomic E-state index is 0.708. The van der Waals surface area contributed by atoms with E-state index in [4.69, 9.17) is 9.47 Å². The largest absolute Gasteiger partial charge is 0.497 e. The lowest BCUT2D eigenvalue weighted by Gasteiger charge is -2.24. The van der Waals surface area contributed by atoms with Crippen molar-refractivity contribution in [3.63, 3.8) is 0 Å². The zero-order valence-corrected chi connectivity index (χ0v) is 11.6. The molecule has 1 unspecified atom stereocenters. The van der Waals surface area contributed by atoms with Crippen molar-refractivity contribution in [2.24, 2.45) is 5.92 Å². The normalized spacial score (nSPS) is 19.6. The molecule has 18 heavy (non-hydrogen) atoms. The predicted octanol–water partition coefficient (Wildman–Crippen LogP) is 2.55. The van der Waals surface area contributed by atoms with Crippen LogP contribution in [0.15, 0.2) is 12.1 Å². The third-order valence-electron chi connectivity index (χ3n) is 3.67. The van der Waals surface area contributed by atoms with Gasteiger partial charge in [0.05, 0.1) is 14.2 Å². The number of rotatable bonds is 4. The summed E-state index contributed by atoms with van der Waals surface area (Å²) in [5.74, 6) is 2.65. The SMILES string of the molecule is COc1cc(C)c(OC)c(CC2CCCNC2)c1. The van der Waals surface area contributed by atoms with Crippen LogP contribution < -0.4 is 14.8 Å². The van der Waals surface area contributed by atoms with Gasteiger partial charge >= 0.3 is 0 Å². The molecule has 1 fully saturated rings. The second-order valence-electron chi connectivity index (χ2n) is 5.05. The van der Waals surface area contributed by atoms with Gasteiger partial charge in [0.15, 0.2) is 0 Å². The molecule has 0 radical (unpaired) electrons. The number of aryl methyl sites for hydroxylation is 1. The molecule has 2 rings (SSSR count). The van der Waals surface area contributed by atoms with Crippen molar-refractivity contribution >= 4 is 0 Å². The molecule has 0 spiro atoms. The van der Waals surface area contributed by atoms with E-state index in [0.29, 0.717) is 5.92 Å². The second-order valence-corrected chi connectivity index (χ2v) is 5.05. The fourth-order valence-corrected chi connectivity index (χ4v) is 2.78. The molecule has 1 aromatic rings. The van der Waals surface area contributed by atoms with Gasteiger partial charge in [-0.1, -0.05) is 0 Å². The molecule has 0 amide bonds. The van der Waals surface area contributed by atoms with E-state index in [0.717, 1.165) is 36.6 Å². The Kier molecular flexibility index (Phi) is 4.48. The summed E-state index contributed by atoms with van der Waals surface area (Å²) in [6.07, 6.45) is 3.64. The van der Waals surface area contributed by atoms with E-state index < -0.39 is 0 Å². The molecule has 1 aromatic carbocycles. The Morgan fingerprint density at radius 2 is 2.11 bits per heavy atom. The zero-order valence-electron chi connectivity index (χ0n) is 11.6. The van der Waals surface area contributed by atoms with Gasteiger partial charge in [0.25, 0.3) is 0 Å². The Morgan fingerprint density at radius 1 is 1.28 bits per heavy atom. The summed E-state index contributed by atoms with van der Waals surface area (Å²) in [5, 5.41) is 3.46. The lowest BCUT2D eigenvalue weighted by molar-refractivity contribution is 0.360. The molecule has 1 atom stereocenters. The topological polar surface area (TPSA) is 30.5 Å². The van der Waals surface area contributed by atoms with Crippen LogP contribution in [-0.2, 0) is 6.42 Å². The maximum Gasteiger partial charge on any atom is 0.125 e. The summed E-state index contributed by atoms with van der Waals surface area (Å²) in [6.45, 7) is 4.34. The molecule has 0 aliphatic carbocycles. The summed E-state index contributed by atoms with van der Waals surface area (Å²) in [5.41, 5.74) is 2.42. The van der Waals surface area contributed by atoms with Crippen LogP contribution in [0.3, 0.4) is 0 Å². The van der Waals surface area contributed by atoms with Crippen LogP contribution in [0.2, 0.25) is 0 Å². The predicted molar refractivity (Wildman–Crippen MR) is 73.6 cm³/mol. The quantitative estimate of drug-likeness (QED) is 0.889. The molecule has 0 saturated carbocycles. The van der Waals surface area contributed by atoms with Crippen molar-refractivity contribution < 1.29 is 9.47 Å². The van der Waals surface area contributed by atoms with Crippen LogP contribution >= 0.6 is 0 Å². The van der Waals surface area contributed by atoms with Gasteiger partial charge in [-0.05, 0) is 68.5 Å². The van der Waals surface area contributed by atoms with Crippen LogP contribution in [0.1, 0.15) is 24.0 Å². The fourth-order valence-electron chi connectivity index (χ4n) is 2.78. The smallest absolute Gasteiger partial charge is 0.125 e. The number of hydrogen-bond donors (Lipinski definition) is 1. The average Bonchev–Trinajstić information content (AvgIpc) is 2.39. The van der Waals surface area contributed by atoms with Gasteiger partial charge in [-0.15, -0.1) is 0 Å². The molecule has 3 heteroatoms. The summed E-state index contributed by atoms with van der Waals surface area (Å²) in [7, 11) is 3.46. The lowest BCUT2D eigenvalue weighted by atomic mass is 9.91. The first kappa shape index (κ1) is 13.2. The highest BCUT2D eigenvalue weighted by molar-refractivity contribution is 5.46. The molecule has 0 bridgehead atoms. The van der Waals surface area contributed by atoms with Gasteiger partial charge in [-0.25, -0.2) is 0 Å². The van der Waals surface area contributed by atoms with E-state index in [1.54, 1.807) is 14.2 Å². The molecule has 100 valence electrons. The number of benzene rings is 1. The van der Waals surface area contributed by atoms with Crippen LogP contribution in [0.25, 0.3) is 0 Å². The van der Waals surface area contributed by atoms with Crippen molar-refractivity contribution in [1.82, 2.24) is 5.32 Å². The molecule has 0 aromatic heterocycles. The third-order valence-corrected chi connectivity index (χ3v) is 3.67. The molecule has 1 N–H and O–H groups in total. The van der Waals surface area contributed by atoms with Crippen molar-refractivity contribution in [2.75, 3.05) is 27.3 Å². The Labute approximate surface area is 109 Å². The van der Waals surface area contributed by atoms with E-state index in [1.165, 1.54) is 18.4 Å². The highest BCUT2D eigenvalue weighted by Crippen LogP contribution is 2.31. The van der Waals surface area contributed by atoms with E-state index in [9.17, 15) is 0 Å². The van der Waals surface area contributed by atoms with Crippen LogP contribution in [0.5, 0.6) is 11.5 Å². The van der Waals surface area contributed by atoms with Gasteiger partial charge in [-0.2, -0.15) is 0 Å². The summed E-state index contributed by atoms with van der Waals surface area (Å²) < 4.78 is 10.9. The van der Waals surface area contributed by atoms with Crippen molar-refractivity contribution in [3.05, 3.63) is 23.3 Å². The number of methoxy groups -OCH3 is 2. The molecular weight excluding hydrogens is 226 g/mol. The number of hydrogen-bond acceptors (Lipinski definition) is 3. The molecular formula is C15H23NO2. The van der Waals surface area contributed by atoms with Crippen LogP contribution in [0, 0.1) is 12.8 Å². The van der Waals surface area contributed by atoms with Gasteiger partial charge in [-0.3, -0.25) is 0 Å². The summed E-state index contributed by atoms with van der Waals surface area (Å²) >= 11 is 0. The molecule has 3 nitrogen and oxygen atoms in total. The summed E-state index contributed by atoms with van der Waals surface area (Å²) in [4.78, 5) is 0. The maximum atomic E-state index is 5.54. The van der Waals surface area contributed by atoms with Crippen LogP contribution in [-0.4, -0.2) is 27.3 Å². The average molecular weight is 249 g/mol. The molecule has 1 aliphatic heterocycles. The summed E-state index contributed by atoms with van der Waals surface area (Å²) in [6, 6.07) is 4.14. The highest BCUT2D eigenvalue weighted by Gasteiger charge is 2.17. The Morgan fingerprint density at radius 3 is 2.72 bits per heavy atom. The first-order chi connectivity index (χ1) is 8.74. The number of piperidine rings is 1. The fraction of sp³-hybridized carbons (Fsp3) is 0.600.